The number of halogens is 2. The van der Waals surface area contributed by atoms with E-state index in [0.29, 0.717) is 0 Å². The Morgan fingerprint density at radius 2 is 0.862 bits per heavy atom. The van der Waals surface area contributed by atoms with Crippen LogP contribution in [0, 0.1) is 7.14 Å². The van der Waals surface area contributed by atoms with Crippen molar-refractivity contribution in [1.82, 2.24) is 0 Å². The summed E-state index contributed by atoms with van der Waals surface area (Å²) in [5.74, 6) is 0.536. The molecule has 0 atom stereocenters. The number of hydrogen-bond donors (Lipinski definition) is 2. The van der Waals surface area contributed by atoms with Crippen LogP contribution >= 0.6 is 45.2 Å². The van der Waals surface area contributed by atoms with E-state index < -0.39 is 5.41 Å². The van der Waals surface area contributed by atoms with E-state index in [-0.39, 0.29) is 11.5 Å². The zero-order valence-corrected chi connectivity index (χ0v) is 19.7. The molecule has 0 aromatic heterocycles. The molecule has 0 amide bonds. The average Bonchev–Trinajstić information content (AvgIpc) is 2.75. The first-order valence-electron chi connectivity index (χ1n) is 9.12. The highest BCUT2D eigenvalue weighted by molar-refractivity contribution is 14.1. The fourth-order valence-electron chi connectivity index (χ4n) is 3.86. The Labute approximate surface area is 197 Å². The van der Waals surface area contributed by atoms with Crippen LogP contribution in [0.1, 0.15) is 22.3 Å². The lowest BCUT2D eigenvalue weighted by Crippen LogP contribution is -2.31. The van der Waals surface area contributed by atoms with Gasteiger partial charge in [0.1, 0.15) is 11.5 Å². The van der Waals surface area contributed by atoms with Crippen LogP contribution in [-0.4, -0.2) is 10.2 Å². The van der Waals surface area contributed by atoms with Gasteiger partial charge in [0.15, 0.2) is 0 Å². The zero-order valence-electron chi connectivity index (χ0n) is 15.4. The second-order valence-corrected chi connectivity index (χ2v) is 9.14. The van der Waals surface area contributed by atoms with E-state index in [1.807, 2.05) is 60.7 Å². The molecule has 0 fully saturated rings. The van der Waals surface area contributed by atoms with Gasteiger partial charge in [-0.2, -0.15) is 0 Å². The number of benzene rings is 4. The third kappa shape index (κ3) is 3.64. The summed E-state index contributed by atoms with van der Waals surface area (Å²) in [4.78, 5) is 0. The summed E-state index contributed by atoms with van der Waals surface area (Å²) in [6, 6.07) is 32.3. The van der Waals surface area contributed by atoms with Crippen LogP contribution < -0.4 is 0 Å². The van der Waals surface area contributed by atoms with Crippen LogP contribution in [0.25, 0.3) is 0 Å². The van der Waals surface area contributed by atoms with Gasteiger partial charge in [0, 0.05) is 0 Å². The molecule has 0 heterocycles. The van der Waals surface area contributed by atoms with E-state index in [2.05, 4.69) is 69.4 Å². The summed E-state index contributed by atoms with van der Waals surface area (Å²) in [7, 11) is 0. The zero-order chi connectivity index (χ0) is 20.4. The SMILES string of the molecule is Oc1ccc(C(c2ccccc2)(c2ccccc2)c2ccc(O)c(I)c2)cc1I. The van der Waals surface area contributed by atoms with Crippen molar-refractivity contribution in [2.24, 2.45) is 0 Å². The molecule has 0 radical (unpaired) electrons. The summed E-state index contributed by atoms with van der Waals surface area (Å²) in [6.07, 6.45) is 0. The fourth-order valence-corrected chi connectivity index (χ4v) is 4.89. The first-order chi connectivity index (χ1) is 14.0. The monoisotopic (exact) mass is 604 g/mol. The maximum absolute atomic E-state index is 10.2. The van der Waals surface area contributed by atoms with Gasteiger partial charge in [0.2, 0.25) is 0 Å². The predicted octanol–water partition coefficient (Wildman–Crippen LogP) is 6.69. The summed E-state index contributed by atoms with van der Waals surface area (Å²) >= 11 is 4.34. The minimum atomic E-state index is -0.593. The molecule has 4 rings (SSSR count). The van der Waals surface area contributed by atoms with Crippen LogP contribution in [0.5, 0.6) is 11.5 Å². The third-order valence-corrected chi connectivity index (χ3v) is 6.90. The summed E-state index contributed by atoms with van der Waals surface area (Å²) in [5.41, 5.74) is 3.75. The smallest absolute Gasteiger partial charge is 0.128 e. The quantitative estimate of drug-likeness (QED) is 0.202. The first kappa shape index (κ1) is 20.2. The minimum absolute atomic E-state index is 0.268. The van der Waals surface area contributed by atoms with Crippen molar-refractivity contribution in [3.8, 4) is 11.5 Å². The molecule has 0 unspecified atom stereocenters. The molecule has 0 saturated carbocycles. The number of hydrogen-bond acceptors (Lipinski definition) is 2. The lowest BCUT2D eigenvalue weighted by Gasteiger charge is -2.37. The molecule has 4 heteroatoms. The molecular weight excluding hydrogens is 586 g/mol. The number of phenols is 2. The van der Waals surface area contributed by atoms with Crippen molar-refractivity contribution in [2.45, 2.75) is 5.41 Å². The maximum atomic E-state index is 10.2. The molecule has 2 N–H and O–H groups in total. The van der Waals surface area contributed by atoms with Crippen molar-refractivity contribution in [3.63, 3.8) is 0 Å². The van der Waals surface area contributed by atoms with Gasteiger partial charge in [0.05, 0.1) is 12.6 Å². The molecule has 0 aliphatic carbocycles. The fraction of sp³-hybridized carbons (Fsp3) is 0.0400. The minimum Gasteiger partial charge on any atom is -0.507 e. The van der Waals surface area contributed by atoms with Crippen molar-refractivity contribution in [3.05, 3.63) is 126 Å². The Morgan fingerprint density at radius 3 is 1.21 bits per heavy atom. The second kappa shape index (κ2) is 8.36. The molecule has 0 spiro atoms. The molecular formula is C25H18I2O2. The largest absolute Gasteiger partial charge is 0.507 e. The van der Waals surface area contributed by atoms with Crippen molar-refractivity contribution >= 4 is 45.2 Å². The van der Waals surface area contributed by atoms with Gasteiger partial charge in [-0.3, -0.25) is 0 Å². The van der Waals surface area contributed by atoms with Crippen molar-refractivity contribution < 1.29 is 10.2 Å². The Balaban J connectivity index is 2.16. The molecule has 0 aliphatic heterocycles. The standard InChI is InChI=1S/C25H18I2O2/c26-21-15-19(11-13-23(21)28)25(17-7-3-1-4-8-17,18-9-5-2-6-10-18)20-12-14-24(29)22(27)16-20/h1-16,28-29H. The van der Waals surface area contributed by atoms with Gasteiger partial charge in [-0.05, 0) is 91.7 Å². The van der Waals surface area contributed by atoms with Gasteiger partial charge in [-0.15, -0.1) is 0 Å². The summed E-state index contributed by atoms with van der Waals surface area (Å²) in [5, 5.41) is 20.3. The van der Waals surface area contributed by atoms with E-state index >= 15 is 0 Å². The molecule has 2 nitrogen and oxygen atoms in total. The first-order valence-corrected chi connectivity index (χ1v) is 11.3. The van der Waals surface area contributed by atoms with E-state index in [0.717, 1.165) is 29.4 Å². The molecule has 144 valence electrons. The lowest BCUT2D eigenvalue weighted by atomic mass is 9.65. The normalized spacial score (nSPS) is 11.4. The van der Waals surface area contributed by atoms with Crippen LogP contribution in [0.2, 0.25) is 0 Å². The molecule has 0 saturated heterocycles. The Bertz CT molecular complexity index is 1050. The topological polar surface area (TPSA) is 40.5 Å². The maximum Gasteiger partial charge on any atom is 0.128 e. The summed E-state index contributed by atoms with van der Waals surface area (Å²) < 4.78 is 1.59. The highest BCUT2D eigenvalue weighted by atomic mass is 127. The van der Waals surface area contributed by atoms with Crippen LogP contribution in [0.3, 0.4) is 0 Å². The Kier molecular flexibility index (Phi) is 5.83. The molecule has 4 aromatic rings. The average molecular weight is 604 g/mol. The molecule has 29 heavy (non-hydrogen) atoms. The Hall–Kier alpha value is -2.06. The van der Waals surface area contributed by atoms with Gasteiger partial charge in [-0.1, -0.05) is 72.8 Å². The number of rotatable bonds is 4. The molecule has 0 bridgehead atoms. The van der Waals surface area contributed by atoms with Crippen molar-refractivity contribution in [2.75, 3.05) is 0 Å². The van der Waals surface area contributed by atoms with Gasteiger partial charge in [0.25, 0.3) is 0 Å². The van der Waals surface area contributed by atoms with Gasteiger partial charge >= 0.3 is 0 Å². The van der Waals surface area contributed by atoms with Gasteiger partial charge < -0.3 is 10.2 Å². The highest BCUT2D eigenvalue weighted by Gasteiger charge is 2.38. The second-order valence-electron chi connectivity index (χ2n) is 6.81. The molecule has 0 aliphatic rings. The van der Waals surface area contributed by atoms with Crippen molar-refractivity contribution in [1.29, 1.82) is 0 Å². The van der Waals surface area contributed by atoms with Crippen LogP contribution in [0.15, 0.2) is 97.1 Å². The van der Waals surface area contributed by atoms with E-state index in [9.17, 15) is 10.2 Å². The van der Waals surface area contributed by atoms with E-state index in [1.54, 1.807) is 12.1 Å². The number of phenolic OH excluding ortho intramolecular Hbond substituents is 2. The van der Waals surface area contributed by atoms with Crippen LogP contribution in [0.4, 0.5) is 0 Å². The van der Waals surface area contributed by atoms with E-state index in [4.69, 9.17) is 0 Å². The lowest BCUT2D eigenvalue weighted by molar-refractivity contribution is 0.470. The number of aromatic hydroxyl groups is 2. The highest BCUT2D eigenvalue weighted by Crippen LogP contribution is 2.46. The van der Waals surface area contributed by atoms with Crippen LogP contribution in [-0.2, 0) is 5.41 Å². The van der Waals surface area contributed by atoms with Gasteiger partial charge in [-0.25, -0.2) is 0 Å². The third-order valence-electron chi connectivity index (χ3n) is 5.17. The molecule has 4 aromatic carbocycles. The predicted molar refractivity (Wildman–Crippen MR) is 134 cm³/mol. The summed E-state index contributed by atoms with van der Waals surface area (Å²) in [6.45, 7) is 0. The van der Waals surface area contributed by atoms with E-state index in [1.165, 1.54) is 0 Å². The Morgan fingerprint density at radius 1 is 0.483 bits per heavy atom.